The molecule has 0 amide bonds. The van der Waals surface area contributed by atoms with E-state index < -0.39 is 0 Å². The van der Waals surface area contributed by atoms with Crippen LogP contribution in [0.2, 0.25) is 0 Å². The Labute approximate surface area is 87.8 Å². The van der Waals surface area contributed by atoms with Gasteiger partial charge in [0.15, 0.2) is 0 Å². The van der Waals surface area contributed by atoms with E-state index in [4.69, 9.17) is 0 Å². The van der Waals surface area contributed by atoms with Crippen LogP contribution in [0.3, 0.4) is 0 Å². The molecule has 1 N–H and O–H groups in total. The van der Waals surface area contributed by atoms with Crippen LogP contribution in [0.5, 0.6) is 0 Å². The fraction of sp³-hybridized carbons (Fsp3) is 0.400. The molecule has 1 saturated heterocycles. The van der Waals surface area contributed by atoms with Gasteiger partial charge in [-0.2, -0.15) is 0 Å². The Balaban J connectivity index is 2.28. The lowest BCUT2D eigenvalue weighted by Gasteiger charge is -2.19. The van der Waals surface area contributed by atoms with Crippen LogP contribution in [0.1, 0.15) is 11.7 Å². The minimum Gasteiger partial charge on any atom is -0.297 e. The number of nitro benzene ring substituents is 1. The molecule has 0 aliphatic carbocycles. The lowest BCUT2D eigenvalue weighted by atomic mass is 10.1. The van der Waals surface area contributed by atoms with Gasteiger partial charge in [-0.3, -0.25) is 20.3 Å². The van der Waals surface area contributed by atoms with Crippen molar-refractivity contribution in [2.24, 2.45) is 0 Å². The number of non-ortho nitro benzene ring substituents is 1. The van der Waals surface area contributed by atoms with Gasteiger partial charge >= 0.3 is 0 Å². The molecule has 1 aliphatic heterocycles. The summed E-state index contributed by atoms with van der Waals surface area (Å²) < 4.78 is 0. The van der Waals surface area contributed by atoms with Crippen LogP contribution in [-0.2, 0) is 0 Å². The van der Waals surface area contributed by atoms with Crippen molar-refractivity contribution >= 4 is 5.69 Å². The Kier molecular flexibility index (Phi) is 2.66. The van der Waals surface area contributed by atoms with Crippen LogP contribution in [0.4, 0.5) is 5.69 Å². The zero-order chi connectivity index (χ0) is 10.8. The van der Waals surface area contributed by atoms with Crippen LogP contribution in [-0.4, -0.2) is 30.0 Å². The molecule has 2 rings (SSSR count). The summed E-state index contributed by atoms with van der Waals surface area (Å²) in [5.74, 6) is 0. The van der Waals surface area contributed by atoms with E-state index in [0.29, 0.717) is 0 Å². The fourth-order valence-corrected chi connectivity index (χ4v) is 1.84. The normalized spacial score (nSPS) is 21.8. The van der Waals surface area contributed by atoms with Gasteiger partial charge in [-0.1, -0.05) is 12.1 Å². The van der Waals surface area contributed by atoms with Gasteiger partial charge in [0.2, 0.25) is 0 Å². The maximum absolute atomic E-state index is 10.6. The number of nitro groups is 1. The Morgan fingerprint density at radius 1 is 1.60 bits per heavy atom. The molecule has 1 aliphatic rings. The maximum atomic E-state index is 10.6. The van der Waals surface area contributed by atoms with E-state index in [-0.39, 0.29) is 16.8 Å². The summed E-state index contributed by atoms with van der Waals surface area (Å²) in [6, 6.07) is 6.77. The second-order valence-corrected chi connectivity index (χ2v) is 3.69. The van der Waals surface area contributed by atoms with Crippen molar-refractivity contribution in [2.75, 3.05) is 20.1 Å². The second-order valence-electron chi connectivity index (χ2n) is 3.69. The first kappa shape index (κ1) is 10.1. The lowest BCUT2D eigenvalue weighted by molar-refractivity contribution is -0.385. The van der Waals surface area contributed by atoms with Gasteiger partial charge in [0, 0.05) is 25.2 Å². The third-order valence-corrected chi connectivity index (χ3v) is 2.64. The molecule has 1 heterocycles. The standard InChI is InChI=1S/C10H13N3O2/c1-12-6-5-11-10(12)8-3-2-4-9(7-8)13(14)15/h2-4,7,10-11H,5-6H2,1H3. The van der Waals surface area contributed by atoms with E-state index in [1.165, 1.54) is 6.07 Å². The average molecular weight is 207 g/mol. The topological polar surface area (TPSA) is 58.4 Å². The van der Waals surface area contributed by atoms with Gasteiger partial charge in [0.1, 0.15) is 0 Å². The van der Waals surface area contributed by atoms with Crippen LogP contribution in [0.25, 0.3) is 0 Å². The van der Waals surface area contributed by atoms with Crippen molar-refractivity contribution in [2.45, 2.75) is 6.17 Å². The lowest BCUT2D eigenvalue weighted by Crippen LogP contribution is -2.23. The molecule has 0 radical (unpaired) electrons. The first-order valence-corrected chi connectivity index (χ1v) is 4.86. The molecule has 1 atom stereocenters. The second kappa shape index (κ2) is 3.96. The molecule has 80 valence electrons. The summed E-state index contributed by atoms with van der Waals surface area (Å²) in [6.07, 6.45) is 0.102. The molecular formula is C10H13N3O2. The quantitative estimate of drug-likeness (QED) is 0.583. The van der Waals surface area contributed by atoms with Crippen LogP contribution < -0.4 is 5.32 Å². The largest absolute Gasteiger partial charge is 0.297 e. The molecule has 1 fully saturated rings. The van der Waals surface area contributed by atoms with Crippen molar-refractivity contribution < 1.29 is 4.92 Å². The number of hydrogen-bond acceptors (Lipinski definition) is 4. The molecule has 15 heavy (non-hydrogen) atoms. The summed E-state index contributed by atoms with van der Waals surface area (Å²) in [5.41, 5.74) is 1.10. The SMILES string of the molecule is CN1CCNC1c1cccc([N+](=O)[O-])c1. The van der Waals surface area contributed by atoms with E-state index in [9.17, 15) is 10.1 Å². The first-order valence-electron chi connectivity index (χ1n) is 4.86. The predicted octanol–water partition coefficient (Wildman–Crippen LogP) is 1.13. The van der Waals surface area contributed by atoms with Crippen molar-refractivity contribution in [3.05, 3.63) is 39.9 Å². The summed E-state index contributed by atoms with van der Waals surface area (Å²) in [7, 11) is 2.00. The number of nitrogens with zero attached hydrogens (tertiary/aromatic N) is 2. The zero-order valence-electron chi connectivity index (χ0n) is 8.51. The number of likely N-dealkylation sites (N-methyl/N-ethyl adjacent to an activating group) is 1. The number of hydrogen-bond donors (Lipinski definition) is 1. The maximum Gasteiger partial charge on any atom is 0.269 e. The van der Waals surface area contributed by atoms with Gasteiger partial charge in [0.25, 0.3) is 5.69 Å². The third kappa shape index (κ3) is 1.98. The molecule has 0 saturated carbocycles. The van der Waals surface area contributed by atoms with Gasteiger partial charge < -0.3 is 0 Å². The van der Waals surface area contributed by atoms with Crippen molar-refractivity contribution in [3.8, 4) is 0 Å². The minimum absolute atomic E-state index is 0.102. The van der Waals surface area contributed by atoms with E-state index in [0.717, 1.165) is 18.7 Å². The predicted molar refractivity (Wildman–Crippen MR) is 56.5 cm³/mol. The molecule has 1 unspecified atom stereocenters. The molecule has 1 aromatic rings. The number of benzene rings is 1. The molecule has 0 spiro atoms. The molecule has 5 heteroatoms. The average Bonchev–Trinajstić information content (AvgIpc) is 2.64. The Morgan fingerprint density at radius 2 is 2.40 bits per heavy atom. The highest BCUT2D eigenvalue weighted by atomic mass is 16.6. The minimum atomic E-state index is -0.363. The summed E-state index contributed by atoms with van der Waals surface area (Å²) in [6.45, 7) is 1.89. The van der Waals surface area contributed by atoms with Crippen LogP contribution >= 0.6 is 0 Å². The fourth-order valence-electron chi connectivity index (χ4n) is 1.84. The van der Waals surface area contributed by atoms with Crippen molar-refractivity contribution in [1.82, 2.24) is 10.2 Å². The highest BCUT2D eigenvalue weighted by Gasteiger charge is 2.22. The van der Waals surface area contributed by atoms with Crippen LogP contribution in [0, 0.1) is 10.1 Å². The Bertz CT molecular complexity index is 381. The zero-order valence-corrected chi connectivity index (χ0v) is 8.51. The molecule has 0 bridgehead atoms. The molecule has 1 aromatic carbocycles. The monoisotopic (exact) mass is 207 g/mol. The first-order chi connectivity index (χ1) is 7.18. The van der Waals surface area contributed by atoms with Crippen molar-refractivity contribution in [1.29, 1.82) is 0 Å². The highest BCUT2D eigenvalue weighted by Crippen LogP contribution is 2.23. The Morgan fingerprint density at radius 3 is 3.00 bits per heavy atom. The van der Waals surface area contributed by atoms with E-state index in [2.05, 4.69) is 10.2 Å². The molecule has 0 aromatic heterocycles. The summed E-state index contributed by atoms with van der Waals surface area (Å²) in [4.78, 5) is 12.4. The smallest absolute Gasteiger partial charge is 0.269 e. The third-order valence-electron chi connectivity index (χ3n) is 2.64. The summed E-state index contributed by atoms with van der Waals surface area (Å²) in [5, 5.41) is 13.9. The number of rotatable bonds is 2. The molecular weight excluding hydrogens is 194 g/mol. The van der Waals surface area contributed by atoms with Gasteiger partial charge in [0.05, 0.1) is 11.1 Å². The molecule has 5 nitrogen and oxygen atoms in total. The summed E-state index contributed by atoms with van der Waals surface area (Å²) >= 11 is 0. The van der Waals surface area contributed by atoms with Gasteiger partial charge in [-0.15, -0.1) is 0 Å². The Hall–Kier alpha value is -1.46. The van der Waals surface area contributed by atoms with Crippen LogP contribution in [0.15, 0.2) is 24.3 Å². The van der Waals surface area contributed by atoms with E-state index in [1.54, 1.807) is 12.1 Å². The van der Waals surface area contributed by atoms with Gasteiger partial charge in [-0.05, 0) is 12.6 Å². The van der Waals surface area contributed by atoms with Gasteiger partial charge in [-0.25, -0.2) is 0 Å². The number of nitrogens with one attached hydrogen (secondary N) is 1. The highest BCUT2D eigenvalue weighted by molar-refractivity contribution is 5.35. The van der Waals surface area contributed by atoms with Crippen molar-refractivity contribution in [3.63, 3.8) is 0 Å². The van der Waals surface area contributed by atoms with E-state index in [1.807, 2.05) is 13.1 Å². The van der Waals surface area contributed by atoms with E-state index >= 15 is 0 Å².